The number of nitrogens with two attached hydrogens (primary N) is 1. The van der Waals surface area contributed by atoms with E-state index in [0.29, 0.717) is 6.54 Å². The second kappa shape index (κ2) is 6.75. The average Bonchev–Trinajstić information content (AvgIpc) is 2.33. The largest absolute Gasteiger partial charge is 0.480 e. The van der Waals surface area contributed by atoms with Gasteiger partial charge in [-0.2, -0.15) is 4.98 Å². The van der Waals surface area contributed by atoms with Crippen molar-refractivity contribution in [3.05, 3.63) is 11.8 Å². The fraction of sp³-hybridized carbons (Fsp3) is 0.545. The first-order chi connectivity index (χ1) is 8.54. The standard InChI is InChI=1S/C11H19N5O2/c1-16(2)6-4-5-13-9(17)8-7-14-11(12)15-10(8)18-3/h7H,4-6H2,1-3H3,(H,13,17)(H2,12,14,15). The average molecular weight is 253 g/mol. The molecule has 3 N–H and O–H groups in total. The van der Waals surface area contributed by atoms with E-state index in [1.54, 1.807) is 0 Å². The lowest BCUT2D eigenvalue weighted by Gasteiger charge is -2.10. The Bertz CT molecular complexity index is 408. The van der Waals surface area contributed by atoms with Crippen molar-refractivity contribution in [1.82, 2.24) is 20.2 Å². The summed E-state index contributed by atoms with van der Waals surface area (Å²) in [5.74, 6) is 0.00854. The summed E-state index contributed by atoms with van der Waals surface area (Å²) in [4.78, 5) is 21.5. The van der Waals surface area contributed by atoms with E-state index in [1.807, 2.05) is 14.1 Å². The van der Waals surface area contributed by atoms with Crippen LogP contribution in [0.3, 0.4) is 0 Å². The minimum Gasteiger partial charge on any atom is -0.480 e. The monoisotopic (exact) mass is 253 g/mol. The number of methoxy groups -OCH3 is 1. The maximum Gasteiger partial charge on any atom is 0.258 e. The predicted octanol–water partition coefficient (Wildman–Crippen LogP) is -0.251. The van der Waals surface area contributed by atoms with Gasteiger partial charge in [0, 0.05) is 12.7 Å². The molecular weight excluding hydrogens is 234 g/mol. The van der Waals surface area contributed by atoms with Crippen molar-refractivity contribution in [2.75, 3.05) is 40.0 Å². The Labute approximate surface area is 106 Å². The molecule has 0 saturated carbocycles. The van der Waals surface area contributed by atoms with Gasteiger partial charge in [0.25, 0.3) is 5.91 Å². The minimum atomic E-state index is -0.259. The topological polar surface area (TPSA) is 93.4 Å². The highest BCUT2D eigenvalue weighted by molar-refractivity contribution is 5.96. The lowest BCUT2D eigenvalue weighted by atomic mass is 10.3. The molecule has 100 valence electrons. The summed E-state index contributed by atoms with van der Waals surface area (Å²) in [7, 11) is 5.40. The molecule has 0 unspecified atom stereocenters. The van der Waals surface area contributed by atoms with Gasteiger partial charge in [0.05, 0.1) is 7.11 Å². The van der Waals surface area contributed by atoms with Crippen LogP contribution in [0, 0.1) is 0 Å². The van der Waals surface area contributed by atoms with E-state index in [-0.39, 0.29) is 23.3 Å². The summed E-state index contributed by atoms with van der Waals surface area (Å²) in [6, 6.07) is 0. The van der Waals surface area contributed by atoms with E-state index >= 15 is 0 Å². The molecule has 0 fully saturated rings. The van der Waals surface area contributed by atoms with Gasteiger partial charge in [-0.05, 0) is 27.1 Å². The second-order valence-corrected chi connectivity index (χ2v) is 4.06. The van der Waals surface area contributed by atoms with Crippen LogP contribution in [0.25, 0.3) is 0 Å². The molecule has 1 heterocycles. The molecule has 0 aliphatic carbocycles. The molecular formula is C11H19N5O2. The molecule has 7 nitrogen and oxygen atoms in total. The molecule has 0 bridgehead atoms. The number of nitrogens with zero attached hydrogens (tertiary/aromatic N) is 3. The van der Waals surface area contributed by atoms with Crippen molar-refractivity contribution in [3.63, 3.8) is 0 Å². The number of hydrogen-bond donors (Lipinski definition) is 2. The smallest absolute Gasteiger partial charge is 0.258 e. The van der Waals surface area contributed by atoms with Crippen LogP contribution < -0.4 is 15.8 Å². The van der Waals surface area contributed by atoms with Gasteiger partial charge in [-0.25, -0.2) is 4.98 Å². The van der Waals surface area contributed by atoms with Gasteiger partial charge in [-0.15, -0.1) is 0 Å². The molecule has 0 spiro atoms. The molecule has 1 aromatic rings. The van der Waals surface area contributed by atoms with Crippen molar-refractivity contribution in [1.29, 1.82) is 0 Å². The quantitative estimate of drug-likeness (QED) is 0.679. The highest BCUT2D eigenvalue weighted by atomic mass is 16.5. The number of anilines is 1. The minimum absolute atomic E-state index is 0.0796. The van der Waals surface area contributed by atoms with Gasteiger partial charge < -0.3 is 20.7 Å². The van der Waals surface area contributed by atoms with Crippen LogP contribution in [0.5, 0.6) is 5.88 Å². The summed E-state index contributed by atoms with van der Waals surface area (Å²) >= 11 is 0. The van der Waals surface area contributed by atoms with Crippen LogP contribution in [-0.2, 0) is 0 Å². The zero-order valence-electron chi connectivity index (χ0n) is 10.9. The normalized spacial score (nSPS) is 10.4. The number of nitrogens with one attached hydrogen (secondary N) is 1. The Hall–Kier alpha value is -1.89. The van der Waals surface area contributed by atoms with Crippen molar-refractivity contribution < 1.29 is 9.53 Å². The molecule has 7 heteroatoms. The van der Waals surface area contributed by atoms with Crippen LogP contribution in [0.4, 0.5) is 5.95 Å². The van der Waals surface area contributed by atoms with E-state index in [9.17, 15) is 4.79 Å². The van der Waals surface area contributed by atoms with Crippen LogP contribution in [-0.4, -0.2) is 55.1 Å². The number of carbonyl (C=O) groups excluding carboxylic acids is 1. The summed E-state index contributed by atoms with van der Waals surface area (Å²) < 4.78 is 4.99. The molecule has 1 amide bonds. The molecule has 0 atom stereocenters. The van der Waals surface area contributed by atoms with Gasteiger partial charge >= 0.3 is 0 Å². The van der Waals surface area contributed by atoms with Crippen LogP contribution in [0.2, 0.25) is 0 Å². The lowest BCUT2D eigenvalue weighted by Crippen LogP contribution is -2.27. The first kappa shape index (κ1) is 14.2. The molecule has 0 aromatic carbocycles. The number of aromatic nitrogens is 2. The first-order valence-corrected chi connectivity index (χ1v) is 5.64. The van der Waals surface area contributed by atoms with E-state index < -0.39 is 0 Å². The highest BCUT2D eigenvalue weighted by Crippen LogP contribution is 2.14. The Morgan fingerprint density at radius 1 is 1.56 bits per heavy atom. The Morgan fingerprint density at radius 3 is 2.89 bits per heavy atom. The zero-order chi connectivity index (χ0) is 13.5. The maximum absolute atomic E-state index is 11.9. The number of rotatable bonds is 6. The molecule has 1 rings (SSSR count). The summed E-state index contributed by atoms with van der Waals surface area (Å²) in [6.45, 7) is 1.50. The third kappa shape index (κ3) is 4.17. The second-order valence-electron chi connectivity index (χ2n) is 4.06. The third-order valence-electron chi connectivity index (χ3n) is 2.28. The molecule has 0 aliphatic heterocycles. The van der Waals surface area contributed by atoms with Crippen molar-refractivity contribution in [3.8, 4) is 5.88 Å². The number of nitrogen functional groups attached to an aromatic ring is 1. The first-order valence-electron chi connectivity index (χ1n) is 5.64. The van der Waals surface area contributed by atoms with Gasteiger partial charge in [0.2, 0.25) is 11.8 Å². The summed E-state index contributed by atoms with van der Waals surface area (Å²) in [5.41, 5.74) is 5.71. The summed E-state index contributed by atoms with van der Waals surface area (Å²) in [6.07, 6.45) is 2.24. The van der Waals surface area contributed by atoms with Crippen LogP contribution >= 0.6 is 0 Å². The highest BCUT2D eigenvalue weighted by Gasteiger charge is 2.14. The number of hydrogen-bond acceptors (Lipinski definition) is 6. The van der Waals surface area contributed by atoms with Crippen LogP contribution in [0.1, 0.15) is 16.8 Å². The van der Waals surface area contributed by atoms with Gasteiger partial charge in [0.15, 0.2) is 0 Å². The van der Waals surface area contributed by atoms with Crippen molar-refractivity contribution in [2.45, 2.75) is 6.42 Å². The summed E-state index contributed by atoms with van der Waals surface area (Å²) in [5, 5.41) is 2.78. The SMILES string of the molecule is COc1nc(N)ncc1C(=O)NCCCN(C)C. The molecule has 18 heavy (non-hydrogen) atoms. The van der Waals surface area contributed by atoms with Gasteiger partial charge in [-0.3, -0.25) is 4.79 Å². The molecule has 1 aromatic heterocycles. The third-order valence-corrected chi connectivity index (χ3v) is 2.28. The number of ether oxygens (including phenoxy) is 1. The maximum atomic E-state index is 11.9. The lowest BCUT2D eigenvalue weighted by molar-refractivity contribution is 0.0948. The van der Waals surface area contributed by atoms with Gasteiger partial charge in [0.1, 0.15) is 5.56 Å². The van der Waals surface area contributed by atoms with E-state index in [0.717, 1.165) is 13.0 Å². The van der Waals surface area contributed by atoms with Crippen molar-refractivity contribution >= 4 is 11.9 Å². The fourth-order valence-electron chi connectivity index (χ4n) is 1.38. The molecule has 0 aliphatic rings. The van der Waals surface area contributed by atoms with E-state index in [4.69, 9.17) is 10.5 Å². The predicted molar refractivity (Wildman–Crippen MR) is 68.5 cm³/mol. The number of carbonyl (C=O) groups is 1. The van der Waals surface area contributed by atoms with Gasteiger partial charge in [-0.1, -0.05) is 0 Å². The van der Waals surface area contributed by atoms with Crippen molar-refractivity contribution in [2.24, 2.45) is 0 Å². The molecule has 0 radical (unpaired) electrons. The Kier molecular flexibility index (Phi) is 5.31. The van der Waals surface area contributed by atoms with E-state index in [1.165, 1.54) is 13.3 Å². The Morgan fingerprint density at radius 2 is 2.28 bits per heavy atom. The van der Waals surface area contributed by atoms with E-state index in [2.05, 4.69) is 20.2 Å². The fourth-order valence-corrected chi connectivity index (χ4v) is 1.38. The number of amides is 1. The van der Waals surface area contributed by atoms with Crippen LogP contribution in [0.15, 0.2) is 6.20 Å². The molecule has 0 saturated heterocycles. The zero-order valence-corrected chi connectivity index (χ0v) is 10.9. The Balaban J connectivity index is 2.56.